The third kappa shape index (κ3) is 3.00. The summed E-state index contributed by atoms with van der Waals surface area (Å²) in [5.74, 6) is 2.13. The van der Waals surface area contributed by atoms with E-state index in [1.54, 1.807) is 12.1 Å². The quantitative estimate of drug-likeness (QED) is 0.780. The first kappa shape index (κ1) is 13.5. The highest BCUT2D eigenvalue weighted by Crippen LogP contribution is 2.39. The van der Waals surface area contributed by atoms with Crippen LogP contribution in [0.1, 0.15) is 30.1 Å². The van der Waals surface area contributed by atoms with Gasteiger partial charge in [-0.05, 0) is 62.9 Å². The Morgan fingerprint density at radius 1 is 1.20 bits per heavy atom. The minimum absolute atomic E-state index is 0.498. The Labute approximate surface area is 133 Å². The molecule has 2 aromatic rings. The van der Waals surface area contributed by atoms with Crippen LogP contribution in [0.3, 0.4) is 0 Å². The van der Waals surface area contributed by atoms with Crippen LogP contribution in [0.15, 0.2) is 33.3 Å². The molecule has 0 spiro atoms. The van der Waals surface area contributed by atoms with Gasteiger partial charge in [-0.15, -0.1) is 0 Å². The number of benzene rings is 1. The third-order valence-corrected chi connectivity index (χ3v) is 4.08. The van der Waals surface area contributed by atoms with Gasteiger partial charge in [0.15, 0.2) is 0 Å². The van der Waals surface area contributed by atoms with Crippen molar-refractivity contribution in [1.29, 1.82) is 5.26 Å². The van der Waals surface area contributed by atoms with Crippen molar-refractivity contribution in [1.82, 2.24) is 9.97 Å². The van der Waals surface area contributed by atoms with Gasteiger partial charge in [0.1, 0.15) is 16.2 Å². The Bertz CT molecular complexity index is 705. The molecule has 1 aliphatic carbocycles. The molecule has 100 valence electrons. The van der Waals surface area contributed by atoms with Gasteiger partial charge in [-0.1, -0.05) is 0 Å². The van der Waals surface area contributed by atoms with Gasteiger partial charge in [0.25, 0.3) is 0 Å². The van der Waals surface area contributed by atoms with Crippen LogP contribution in [0.2, 0.25) is 0 Å². The summed E-state index contributed by atoms with van der Waals surface area (Å²) in [6.45, 7) is 0. The van der Waals surface area contributed by atoms with Crippen molar-refractivity contribution in [3.8, 4) is 6.07 Å². The summed E-state index contributed by atoms with van der Waals surface area (Å²) in [4.78, 5) is 8.93. The lowest BCUT2D eigenvalue weighted by Gasteiger charge is -2.09. The number of nitrogens with one attached hydrogen (secondary N) is 1. The van der Waals surface area contributed by atoms with E-state index in [1.807, 2.05) is 12.1 Å². The van der Waals surface area contributed by atoms with E-state index in [4.69, 9.17) is 5.26 Å². The van der Waals surface area contributed by atoms with E-state index in [9.17, 15) is 0 Å². The first-order chi connectivity index (χ1) is 9.65. The Balaban J connectivity index is 1.89. The number of aromatic nitrogens is 2. The van der Waals surface area contributed by atoms with Crippen molar-refractivity contribution >= 4 is 43.4 Å². The van der Waals surface area contributed by atoms with E-state index >= 15 is 0 Å². The number of anilines is 2. The number of nitriles is 1. The van der Waals surface area contributed by atoms with Crippen LogP contribution in [0, 0.1) is 11.3 Å². The van der Waals surface area contributed by atoms with E-state index in [-0.39, 0.29) is 0 Å². The van der Waals surface area contributed by atoms with Gasteiger partial charge in [-0.3, -0.25) is 0 Å². The molecule has 20 heavy (non-hydrogen) atoms. The highest BCUT2D eigenvalue weighted by molar-refractivity contribution is 9.10. The number of hydrogen-bond donors (Lipinski definition) is 1. The van der Waals surface area contributed by atoms with Crippen LogP contribution in [0.25, 0.3) is 0 Å². The molecular weight excluding hydrogens is 384 g/mol. The van der Waals surface area contributed by atoms with E-state index in [0.717, 1.165) is 39.2 Å². The molecule has 0 saturated heterocycles. The molecule has 1 aliphatic rings. The lowest BCUT2D eigenvalue weighted by Crippen LogP contribution is -2.00. The van der Waals surface area contributed by atoms with Crippen LogP contribution in [0.5, 0.6) is 0 Å². The second kappa shape index (κ2) is 5.51. The van der Waals surface area contributed by atoms with E-state index in [0.29, 0.717) is 11.5 Å². The second-order valence-electron chi connectivity index (χ2n) is 4.64. The second-order valence-corrected chi connectivity index (χ2v) is 6.31. The van der Waals surface area contributed by atoms with Crippen molar-refractivity contribution < 1.29 is 0 Å². The predicted octanol–water partition coefficient (Wildman–Crippen LogP) is 4.49. The molecule has 1 heterocycles. The van der Waals surface area contributed by atoms with E-state index in [2.05, 4.69) is 53.2 Å². The monoisotopic (exact) mass is 392 g/mol. The highest BCUT2D eigenvalue weighted by atomic mass is 79.9. The Hall–Kier alpha value is -1.45. The number of hydrogen-bond acceptors (Lipinski definition) is 4. The average molecular weight is 394 g/mol. The van der Waals surface area contributed by atoms with Crippen molar-refractivity contribution in [2.24, 2.45) is 0 Å². The normalized spacial score (nSPS) is 13.8. The molecule has 0 bridgehead atoms. The largest absolute Gasteiger partial charge is 0.339 e. The van der Waals surface area contributed by atoms with Gasteiger partial charge in [0.05, 0.1) is 17.3 Å². The molecule has 0 aliphatic heterocycles. The van der Waals surface area contributed by atoms with Gasteiger partial charge >= 0.3 is 0 Å². The molecule has 6 heteroatoms. The van der Waals surface area contributed by atoms with Crippen LogP contribution >= 0.6 is 31.9 Å². The summed E-state index contributed by atoms with van der Waals surface area (Å²) in [6, 6.07) is 9.36. The summed E-state index contributed by atoms with van der Waals surface area (Å²) in [6.07, 6.45) is 2.33. The standard InChI is InChI=1S/C14H10Br2N4/c15-10-5-8(7-17)1-4-11(10)18-13-6-12(16)19-14(20-13)9-2-3-9/h1,4-6,9H,2-3H2,(H,18,19,20). The molecule has 1 aromatic carbocycles. The van der Waals surface area contributed by atoms with Crippen molar-refractivity contribution in [3.05, 3.63) is 44.7 Å². The molecule has 1 fully saturated rings. The van der Waals surface area contributed by atoms with Crippen molar-refractivity contribution in [2.45, 2.75) is 18.8 Å². The molecule has 4 nitrogen and oxygen atoms in total. The maximum atomic E-state index is 8.87. The van der Waals surface area contributed by atoms with Gasteiger partial charge in [0, 0.05) is 16.5 Å². The highest BCUT2D eigenvalue weighted by Gasteiger charge is 2.27. The summed E-state index contributed by atoms with van der Waals surface area (Å²) < 4.78 is 1.61. The molecule has 1 aromatic heterocycles. The predicted molar refractivity (Wildman–Crippen MR) is 83.8 cm³/mol. The fraction of sp³-hybridized carbons (Fsp3) is 0.214. The molecule has 0 amide bonds. The molecule has 0 atom stereocenters. The van der Waals surface area contributed by atoms with Crippen LogP contribution in [-0.2, 0) is 0 Å². The molecule has 1 saturated carbocycles. The van der Waals surface area contributed by atoms with Gasteiger partial charge in [-0.25, -0.2) is 9.97 Å². The number of rotatable bonds is 3. The van der Waals surface area contributed by atoms with E-state index < -0.39 is 0 Å². The van der Waals surface area contributed by atoms with E-state index in [1.165, 1.54) is 0 Å². The van der Waals surface area contributed by atoms with Gasteiger partial charge in [-0.2, -0.15) is 5.26 Å². The van der Waals surface area contributed by atoms with Gasteiger partial charge in [0.2, 0.25) is 0 Å². The fourth-order valence-corrected chi connectivity index (χ4v) is 2.72. The first-order valence-electron chi connectivity index (χ1n) is 6.17. The zero-order valence-electron chi connectivity index (χ0n) is 10.4. The Morgan fingerprint density at radius 3 is 2.65 bits per heavy atom. The maximum Gasteiger partial charge on any atom is 0.135 e. The minimum atomic E-state index is 0.498. The average Bonchev–Trinajstić information content (AvgIpc) is 3.25. The summed E-state index contributed by atoms with van der Waals surface area (Å²) in [5.41, 5.74) is 1.49. The molecule has 3 rings (SSSR count). The first-order valence-corrected chi connectivity index (χ1v) is 7.75. The summed E-state index contributed by atoms with van der Waals surface area (Å²) >= 11 is 6.87. The molecule has 0 unspecified atom stereocenters. The molecule has 0 radical (unpaired) electrons. The zero-order valence-corrected chi connectivity index (χ0v) is 13.6. The van der Waals surface area contributed by atoms with Crippen LogP contribution in [0.4, 0.5) is 11.5 Å². The van der Waals surface area contributed by atoms with Crippen LogP contribution in [-0.4, -0.2) is 9.97 Å². The zero-order chi connectivity index (χ0) is 14.1. The summed E-state index contributed by atoms with van der Waals surface area (Å²) in [7, 11) is 0. The number of nitrogens with zero attached hydrogens (tertiary/aromatic N) is 3. The molecule has 1 N–H and O–H groups in total. The minimum Gasteiger partial charge on any atom is -0.339 e. The smallest absolute Gasteiger partial charge is 0.135 e. The Morgan fingerprint density at radius 2 is 2.00 bits per heavy atom. The molecular formula is C14H10Br2N4. The topological polar surface area (TPSA) is 61.6 Å². The lowest BCUT2D eigenvalue weighted by atomic mass is 10.2. The lowest BCUT2D eigenvalue weighted by molar-refractivity contribution is 0.919. The number of halogens is 2. The third-order valence-electron chi connectivity index (χ3n) is 3.02. The van der Waals surface area contributed by atoms with Crippen LogP contribution < -0.4 is 5.32 Å². The maximum absolute atomic E-state index is 8.87. The van der Waals surface area contributed by atoms with Crippen molar-refractivity contribution in [3.63, 3.8) is 0 Å². The fourth-order valence-electron chi connectivity index (χ4n) is 1.85. The SMILES string of the molecule is N#Cc1ccc(Nc2cc(Br)nc(C3CC3)n2)c(Br)c1. The van der Waals surface area contributed by atoms with Gasteiger partial charge < -0.3 is 5.32 Å². The summed E-state index contributed by atoms with van der Waals surface area (Å²) in [5, 5.41) is 12.1. The van der Waals surface area contributed by atoms with Crippen molar-refractivity contribution in [2.75, 3.05) is 5.32 Å². The Kier molecular flexibility index (Phi) is 3.72.